The van der Waals surface area contributed by atoms with Crippen molar-refractivity contribution < 1.29 is 5.11 Å². The molecule has 2 rings (SSSR count). The minimum absolute atomic E-state index is 0.598. The van der Waals surface area contributed by atoms with E-state index in [1.165, 1.54) is 0 Å². The zero-order valence-electron chi connectivity index (χ0n) is 9.68. The second kappa shape index (κ2) is 4.43. The highest BCUT2D eigenvalue weighted by molar-refractivity contribution is 6.30. The maximum absolute atomic E-state index is 9.79. The van der Waals surface area contributed by atoms with Crippen LogP contribution >= 0.6 is 11.6 Å². The molecule has 0 aliphatic heterocycles. The van der Waals surface area contributed by atoms with Crippen LogP contribution in [-0.2, 0) is 5.60 Å². The molecule has 0 radical (unpaired) electrons. The molecule has 0 saturated heterocycles. The molecule has 0 spiro atoms. The molecular formula is C13H13ClN2O. The van der Waals surface area contributed by atoms with Crippen LogP contribution < -0.4 is 0 Å². The maximum Gasteiger partial charge on any atom is 0.159 e. The molecular weight excluding hydrogens is 236 g/mol. The van der Waals surface area contributed by atoms with Gasteiger partial charge in [0.15, 0.2) is 5.82 Å². The SMILES string of the molecule is CC(C)(O)c1cnc(-c2cccc(Cl)c2)nc1. The number of rotatable bonds is 2. The fourth-order valence-corrected chi connectivity index (χ4v) is 1.61. The zero-order chi connectivity index (χ0) is 12.5. The fourth-order valence-electron chi connectivity index (χ4n) is 1.42. The van der Waals surface area contributed by atoms with Gasteiger partial charge in [-0.1, -0.05) is 23.7 Å². The Morgan fingerprint density at radius 1 is 1.18 bits per heavy atom. The molecule has 0 aliphatic carbocycles. The van der Waals surface area contributed by atoms with Gasteiger partial charge >= 0.3 is 0 Å². The monoisotopic (exact) mass is 248 g/mol. The minimum Gasteiger partial charge on any atom is -0.386 e. The normalized spacial score (nSPS) is 11.5. The van der Waals surface area contributed by atoms with E-state index in [4.69, 9.17) is 11.6 Å². The van der Waals surface area contributed by atoms with E-state index in [0.29, 0.717) is 16.4 Å². The third-order valence-electron chi connectivity index (χ3n) is 2.44. The molecule has 3 nitrogen and oxygen atoms in total. The van der Waals surface area contributed by atoms with Gasteiger partial charge in [0, 0.05) is 28.5 Å². The van der Waals surface area contributed by atoms with E-state index >= 15 is 0 Å². The molecule has 4 heteroatoms. The van der Waals surface area contributed by atoms with Crippen LogP contribution in [0.15, 0.2) is 36.7 Å². The molecule has 17 heavy (non-hydrogen) atoms. The largest absolute Gasteiger partial charge is 0.386 e. The molecule has 0 atom stereocenters. The van der Waals surface area contributed by atoms with Gasteiger partial charge in [0.25, 0.3) is 0 Å². The Morgan fingerprint density at radius 2 is 1.82 bits per heavy atom. The van der Waals surface area contributed by atoms with Crippen molar-refractivity contribution in [2.75, 3.05) is 0 Å². The van der Waals surface area contributed by atoms with Gasteiger partial charge in [-0.05, 0) is 26.0 Å². The van der Waals surface area contributed by atoms with Crippen molar-refractivity contribution >= 4 is 11.6 Å². The van der Waals surface area contributed by atoms with Gasteiger partial charge in [-0.25, -0.2) is 9.97 Å². The standard InChI is InChI=1S/C13H13ClN2O/c1-13(2,17)10-7-15-12(16-8-10)9-4-3-5-11(14)6-9/h3-8,17H,1-2H3. The lowest BCUT2D eigenvalue weighted by atomic mass is 10.0. The molecule has 0 saturated carbocycles. The van der Waals surface area contributed by atoms with Crippen molar-refractivity contribution in [1.82, 2.24) is 9.97 Å². The highest BCUT2D eigenvalue weighted by Crippen LogP contribution is 2.22. The Bertz CT molecular complexity index is 518. The van der Waals surface area contributed by atoms with Crippen LogP contribution in [0.1, 0.15) is 19.4 Å². The molecule has 1 N–H and O–H groups in total. The third kappa shape index (κ3) is 2.81. The summed E-state index contributed by atoms with van der Waals surface area (Å²) in [6, 6.07) is 7.35. The van der Waals surface area contributed by atoms with Crippen molar-refractivity contribution in [3.8, 4) is 11.4 Å². The summed E-state index contributed by atoms with van der Waals surface area (Å²) in [5, 5.41) is 10.4. The average molecular weight is 249 g/mol. The topological polar surface area (TPSA) is 46.0 Å². The zero-order valence-corrected chi connectivity index (χ0v) is 10.4. The summed E-state index contributed by atoms with van der Waals surface area (Å²) in [5.74, 6) is 0.598. The molecule has 0 unspecified atom stereocenters. The molecule has 0 bridgehead atoms. The Hall–Kier alpha value is -1.45. The van der Waals surface area contributed by atoms with E-state index in [-0.39, 0.29) is 0 Å². The number of hydrogen-bond acceptors (Lipinski definition) is 3. The van der Waals surface area contributed by atoms with Gasteiger partial charge in [0.1, 0.15) is 0 Å². The number of hydrogen-bond donors (Lipinski definition) is 1. The first kappa shape index (κ1) is 12.0. The van der Waals surface area contributed by atoms with E-state index in [2.05, 4.69) is 9.97 Å². The van der Waals surface area contributed by atoms with Crippen molar-refractivity contribution in [3.05, 3.63) is 47.2 Å². The molecule has 1 aromatic heterocycles. The Morgan fingerprint density at radius 3 is 2.35 bits per heavy atom. The van der Waals surface area contributed by atoms with Crippen LogP contribution in [-0.4, -0.2) is 15.1 Å². The fraction of sp³-hybridized carbons (Fsp3) is 0.231. The Labute approximate surface area is 105 Å². The summed E-state index contributed by atoms with van der Waals surface area (Å²) in [5.41, 5.74) is 0.621. The van der Waals surface area contributed by atoms with Gasteiger partial charge in [-0.15, -0.1) is 0 Å². The quantitative estimate of drug-likeness (QED) is 0.889. The van der Waals surface area contributed by atoms with E-state index in [1.807, 2.05) is 12.1 Å². The summed E-state index contributed by atoms with van der Waals surface area (Å²) in [7, 11) is 0. The average Bonchev–Trinajstić information content (AvgIpc) is 2.28. The lowest BCUT2D eigenvalue weighted by Crippen LogP contribution is -2.16. The van der Waals surface area contributed by atoms with E-state index in [0.717, 1.165) is 5.56 Å². The van der Waals surface area contributed by atoms with Gasteiger partial charge in [0.2, 0.25) is 0 Å². The van der Waals surface area contributed by atoms with Gasteiger partial charge in [-0.2, -0.15) is 0 Å². The van der Waals surface area contributed by atoms with Crippen LogP contribution in [0.5, 0.6) is 0 Å². The van der Waals surface area contributed by atoms with E-state index < -0.39 is 5.60 Å². The lowest BCUT2D eigenvalue weighted by Gasteiger charge is -2.16. The van der Waals surface area contributed by atoms with Gasteiger partial charge < -0.3 is 5.11 Å². The predicted octanol–water partition coefficient (Wildman–Crippen LogP) is 3.02. The second-order valence-corrected chi connectivity index (χ2v) is 4.80. The first-order valence-corrected chi connectivity index (χ1v) is 5.65. The van der Waals surface area contributed by atoms with Crippen molar-refractivity contribution in [2.45, 2.75) is 19.4 Å². The number of aromatic nitrogens is 2. The molecule has 0 aliphatic rings. The molecule has 2 aromatic rings. The Balaban J connectivity index is 2.36. The highest BCUT2D eigenvalue weighted by atomic mass is 35.5. The summed E-state index contributed by atoms with van der Waals surface area (Å²) in [6.07, 6.45) is 3.26. The highest BCUT2D eigenvalue weighted by Gasteiger charge is 2.16. The first-order valence-electron chi connectivity index (χ1n) is 5.27. The molecule has 0 fully saturated rings. The van der Waals surface area contributed by atoms with Crippen LogP contribution in [0.2, 0.25) is 5.02 Å². The number of nitrogens with zero attached hydrogens (tertiary/aromatic N) is 2. The van der Waals surface area contributed by atoms with E-state index in [9.17, 15) is 5.11 Å². The summed E-state index contributed by atoms with van der Waals surface area (Å²) < 4.78 is 0. The summed E-state index contributed by atoms with van der Waals surface area (Å²) >= 11 is 5.90. The van der Waals surface area contributed by atoms with Gasteiger partial charge in [0.05, 0.1) is 5.60 Å². The Kier molecular flexibility index (Phi) is 3.13. The van der Waals surface area contributed by atoms with Crippen molar-refractivity contribution in [1.29, 1.82) is 0 Å². The molecule has 88 valence electrons. The third-order valence-corrected chi connectivity index (χ3v) is 2.68. The van der Waals surface area contributed by atoms with Crippen molar-refractivity contribution in [2.24, 2.45) is 0 Å². The minimum atomic E-state index is -0.924. The first-order chi connectivity index (χ1) is 7.97. The van der Waals surface area contributed by atoms with Crippen LogP contribution in [0, 0.1) is 0 Å². The van der Waals surface area contributed by atoms with E-state index in [1.54, 1.807) is 38.4 Å². The predicted molar refractivity (Wildman–Crippen MR) is 67.7 cm³/mol. The molecule has 0 amide bonds. The number of aliphatic hydroxyl groups is 1. The maximum atomic E-state index is 9.79. The number of halogens is 1. The van der Waals surface area contributed by atoms with Gasteiger partial charge in [-0.3, -0.25) is 0 Å². The lowest BCUT2D eigenvalue weighted by molar-refractivity contribution is 0.0778. The van der Waals surface area contributed by atoms with Crippen molar-refractivity contribution in [3.63, 3.8) is 0 Å². The van der Waals surface area contributed by atoms with Crippen LogP contribution in [0.25, 0.3) is 11.4 Å². The second-order valence-electron chi connectivity index (χ2n) is 4.36. The summed E-state index contributed by atoms with van der Waals surface area (Å²) in [6.45, 7) is 3.40. The smallest absolute Gasteiger partial charge is 0.159 e. The molecule has 1 heterocycles. The summed E-state index contributed by atoms with van der Waals surface area (Å²) in [4.78, 5) is 8.45. The van der Waals surface area contributed by atoms with Crippen LogP contribution in [0.4, 0.5) is 0 Å². The van der Waals surface area contributed by atoms with Crippen LogP contribution in [0.3, 0.4) is 0 Å². The molecule has 1 aromatic carbocycles. The number of benzene rings is 1.